The van der Waals surface area contributed by atoms with Gasteiger partial charge in [-0.15, -0.1) is 0 Å². The molecule has 2 heterocycles. The number of hydrogen-bond donors (Lipinski definition) is 2. The molecule has 3 rings (SSSR count). The molecule has 1 aromatic heterocycles. The van der Waals surface area contributed by atoms with Gasteiger partial charge in [-0.1, -0.05) is 0 Å². The molecule has 1 aliphatic heterocycles. The third kappa shape index (κ3) is 6.80. The minimum absolute atomic E-state index is 0.0337. The Bertz CT molecular complexity index is 950. The van der Waals surface area contributed by atoms with Crippen LogP contribution < -0.4 is 15.4 Å². The molecular weight excluding hydrogens is 464 g/mol. The van der Waals surface area contributed by atoms with E-state index in [1.807, 2.05) is 0 Å². The molecule has 1 saturated carbocycles. The number of nitrogens with one attached hydrogen (secondary N) is 2. The van der Waals surface area contributed by atoms with Crippen LogP contribution in [-0.4, -0.2) is 81.8 Å². The molecule has 0 spiro atoms. The quantitative estimate of drug-likeness (QED) is 0.431. The summed E-state index contributed by atoms with van der Waals surface area (Å²) in [6.45, 7) is 7.62. The van der Waals surface area contributed by atoms with Crippen molar-refractivity contribution in [2.24, 2.45) is 17.8 Å². The van der Waals surface area contributed by atoms with Gasteiger partial charge in [0.05, 0.1) is 19.4 Å². The standard InChI is InChI=1S/C22H34N4O7S/c1-22(2,3)33-21(28)24-8-5-10-32-18-7-6-15(12-25-18)34(29,30)26-13-16-17(14-26)19(16)20(27)23-9-11-31-4/h6-7,12,16-17,19H,5,8-11,13-14H2,1-4H3,(H,23,27)(H,24,28)/t16-,17+,19?. The van der Waals surface area contributed by atoms with Crippen molar-refractivity contribution in [2.75, 3.05) is 46.5 Å². The number of piperidine rings is 1. The largest absolute Gasteiger partial charge is 0.478 e. The van der Waals surface area contributed by atoms with E-state index in [4.69, 9.17) is 14.2 Å². The molecule has 2 amide bonds. The van der Waals surface area contributed by atoms with Crippen LogP contribution in [0.15, 0.2) is 23.2 Å². The van der Waals surface area contributed by atoms with E-state index in [2.05, 4.69) is 15.6 Å². The zero-order valence-corrected chi connectivity index (χ0v) is 20.9. The second kappa shape index (κ2) is 10.9. The molecule has 1 aliphatic carbocycles. The molecular formula is C22H34N4O7S. The fourth-order valence-corrected chi connectivity index (χ4v) is 5.44. The number of fused-ring (bicyclic) bond motifs is 1. The van der Waals surface area contributed by atoms with Gasteiger partial charge in [-0.25, -0.2) is 18.2 Å². The topological polar surface area (TPSA) is 136 Å². The highest BCUT2D eigenvalue weighted by molar-refractivity contribution is 7.89. The van der Waals surface area contributed by atoms with Crippen molar-refractivity contribution < 1.29 is 32.2 Å². The van der Waals surface area contributed by atoms with E-state index in [1.54, 1.807) is 27.9 Å². The van der Waals surface area contributed by atoms with E-state index in [-0.39, 0.29) is 28.6 Å². The Kier molecular flexibility index (Phi) is 8.37. The predicted octanol–water partition coefficient (Wildman–Crippen LogP) is 1.00. The van der Waals surface area contributed by atoms with E-state index in [0.717, 1.165) is 0 Å². The van der Waals surface area contributed by atoms with E-state index < -0.39 is 21.7 Å². The van der Waals surface area contributed by atoms with Gasteiger partial charge in [0, 0.05) is 45.3 Å². The highest BCUT2D eigenvalue weighted by Gasteiger charge is 2.61. The molecule has 1 aromatic rings. The molecule has 3 atom stereocenters. The Morgan fingerprint density at radius 1 is 1.12 bits per heavy atom. The molecule has 2 fully saturated rings. The summed E-state index contributed by atoms with van der Waals surface area (Å²) in [5.74, 6) is 0.258. The van der Waals surface area contributed by atoms with Crippen LogP contribution >= 0.6 is 0 Å². The summed E-state index contributed by atoms with van der Waals surface area (Å²) in [4.78, 5) is 28.0. The van der Waals surface area contributed by atoms with Crippen molar-refractivity contribution in [1.29, 1.82) is 0 Å². The smallest absolute Gasteiger partial charge is 0.407 e. The average molecular weight is 499 g/mol. The van der Waals surface area contributed by atoms with Crippen LogP contribution in [0.2, 0.25) is 0 Å². The Morgan fingerprint density at radius 2 is 1.82 bits per heavy atom. The lowest BCUT2D eigenvalue weighted by Gasteiger charge is -2.19. The number of carbonyl (C=O) groups is 2. The van der Waals surface area contributed by atoms with Gasteiger partial charge in [-0.05, 0) is 45.1 Å². The second-order valence-electron chi connectivity index (χ2n) is 9.42. The van der Waals surface area contributed by atoms with Crippen LogP contribution in [0.3, 0.4) is 0 Å². The maximum Gasteiger partial charge on any atom is 0.407 e. The molecule has 0 bridgehead atoms. The molecule has 12 heteroatoms. The maximum absolute atomic E-state index is 12.9. The highest BCUT2D eigenvalue weighted by Crippen LogP contribution is 2.52. The molecule has 2 aliphatic rings. The second-order valence-corrected chi connectivity index (χ2v) is 11.4. The fourth-order valence-electron chi connectivity index (χ4n) is 3.97. The van der Waals surface area contributed by atoms with Crippen LogP contribution in [0.5, 0.6) is 5.88 Å². The first-order chi connectivity index (χ1) is 16.0. The van der Waals surface area contributed by atoms with Crippen molar-refractivity contribution in [2.45, 2.75) is 37.7 Å². The van der Waals surface area contributed by atoms with Gasteiger partial charge in [0.2, 0.25) is 21.8 Å². The lowest BCUT2D eigenvalue weighted by Crippen LogP contribution is -2.36. The predicted molar refractivity (Wildman–Crippen MR) is 123 cm³/mol. The number of hydrogen-bond acceptors (Lipinski definition) is 8. The van der Waals surface area contributed by atoms with Gasteiger partial charge >= 0.3 is 6.09 Å². The van der Waals surface area contributed by atoms with Crippen LogP contribution in [0.25, 0.3) is 0 Å². The Labute approximate surface area is 200 Å². The number of sulfonamides is 1. The first-order valence-corrected chi connectivity index (χ1v) is 12.8. The summed E-state index contributed by atoms with van der Waals surface area (Å²) >= 11 is 0. The van der Waals surface area contributed by atoms with Gasteiger partial charge in [-0.3, -0.25) is 4.79 Å². The molecule has 2 N–H and O–H groups in total. The van der Waals surface area contributed by atoms with Gasteiger partial charge in [0.15, 0.2) is 0 Å². The third-order valence-electron chi connectivity index (χ3n) is 5.65. The molecule has 11 nitrogen and oxygen atoms in total. The number of carbonyl (C=O) groups excluding carboxylic acids is 2. The third-order valence-corrected chi connectivity index (χ3v) is 7.47. The zero-order valence-electron chi connectivity index (χ0n) is 20.1. The van der Waals surface area contributed by atoms with E-state index in [1.165, 1.54) is 22.6 Å². The van der Waals surface area contributed by atoms with E-state index in [9.17, 15) is 18.0 Å². The fraction of sp³-hybridized carbons (Fsp3) is 0.682. The molecule has 0 aromatic carbocycles. The van der Waals surface area contributed by atoms with Crippen molar-refractivity contribution in [3.8, 4) is 5.88 Å². The summed E-state index contributed by atoms with van der Waals surface area (Å²) in [7, 11) is -2.11. The minimum Gasteiger partial charge on any atom is -0.478 e. The number of amides is 2. The molecule has 190 valence electrons. The minimum atomic E-state index is -3.68. The summed E-state index contributed by atoms with van der Waals surface area (Å²) in [5.41, 5.74) is -0.553. The number of nitrogens with zero attached hydrogens (tertiary/aromatic N) is 2. The monoisotopic (exact) mass is 498 g/mol. The first kappa shape index (κ1) is 26.2. The first-order valence-electron chi connectivity index (χ1n) is 11.4. The number of rotatable bonds is 11. The van der Waals surface area contributed by atoms with Gasteiger partial charge in [-0.2, -0.15) is 4.31 Å². The van der Waals surface area contributed by atoms with E-state index in [0.29, 0.717) is 51.7 Å². The summed E-state index contributed by atoms with van der Waals surface area (Å²) in [6.07, 6.45) is 1.33. The normalized spacial score (nSPS) is 22.1. The summed E-state index contributed by atoms with van der Waals surface area (Å²) in [5, 5.41) is 5.46. The maximum atomic E-state index is 12.9. The van der Waals surface area contributed by atoms with Gasteiger partial charge in [0.25, 0.3) is 0 Å². The lowest BCUT2D eigenvalue weighted by atomic mass is 10.2. The van der Waals surface area contributed by atoms with Crippen molar-refractivity contribution in [3.63, 3.8) is 0 Å². The van der Waals surface area contributed by atoms with Crippen molar-refractivity contribution >= 4 is 22.0 Å². The number of pyridine rings is 1. The van der Waals surface area contributed by atoms with Crippen LogP contribution in [0, 0.1) is 17.8 Å². The molecule has 1 saturated heterocycles. The zero-order chi connectivity index (χ0) is 24.9. The molecule has 0 radical (unpaired) electrons. The van der Waals surface area contributed by atoms with Crippen molar-refractivity contribution in [3.05, 3.63) is 18.3 Å². The number of ether oxygens (including phenoxy) is 3. The summed E-state index contributed by atoms with van der Waals surface area (Å²) in [6, 6.07) is 2.98. The lowest BCUT2D eigenvalue weighted by molar-refractivity contribution is -0.123. The Morgan fingerprint density at radius 3 is 2.41 bits per heavy atom. The van der Waals surface area contributed by atoms with Gasteiger partial charge in [0.1, 0.15) is 10.5 Å². The van der Waals surface area contributed by atoms with Crippen LogP contribution in [0.4, 0.5) is 4.79 Å². The SMILES string of the molecule is COCCNC(=O)C1[C@H]2CN(S(=O)(=O)c3ccc(OCCCNC(=O)OC(C)(C)C)nc3)C[C@@H]12. The Balaban J connectivity index is 1.40. The average Bonchev–Trinajstić information content (AvgIpc) is 3.25. The Hall–Kier alpha value is -2.44. The van der Waals surface area contributed by atoms with Crippen LogP contribution in [-0.2, 0) is 24.3 Å². The van der Waals surface area contributed by atoms with Crippen LogP contribution in [0.1, 0.15) is 27.2 Å². The molecule has 34 heavy (non-hydrogen) atoms. The van der Waals surface area contributed by atoms with E-state index >= 15 is 0 Å². The molecule has 1 unspecified atom stereocenters. The number of aromatic nitrogens is 1. The number of methoxy groups -OCH3 is 1. The summed E-state index contributed by atoms with van der Waals surface area (Å²) < 4.78 is 42.9. The number of alkyl carbamates (subject to hydrolysis) is 1. The highest BCUT2D eigenvalue weighted by atomic mass is 32.2. The van der Waals surface area contributed by atoms with Crippen molar-refractivity contribution in [1.82, 2.24) is 19.9 Å². The van der Waals surface area contributed by atoms with Gasteiger partial charge < -0.3 is 24.8 Å².